The van der Waals surface area contributed by atoms with E-state index in [1.165, 1.54) is 4.90 Å². The molecule has 1 saturated heterocycles. The SMILES string of the molecule is CC1=C[C@@H]2CN(C(=O)N2[O-])[C@@H]1C(N)=O. The second-order valence-electron chi connectivity index (χ2n) is 3.54. The summed E-state index contributed by atoms with van der Waals surface area (Å²) >= 11 is 0. The molecule has 0 aromatic heterocycles. The number of hydrogen-bond acceptors (Lipinski definition) is 3. The van der Waals surface area contributed by atoms with Gasteiger partial charge in [-0.25, -0.2) is 4.79 Å². The first-order valence-electron chi connectivity index (χ1n) is 4.27. The Balaban J connectivity index is 2.39. The summed E-state index contributed by atoms with van der Waals surface area (Å²) in [6, 6.07) is -1.89. The van der Waals surface area contributed by atoms with Crippen LogP contribution >= 0.6 is 0 Å². The number of fused-ring (bicyclic) bond motifs is 2. The highest BCUT2D eigenvalue weighted by molar-refractivity contribution is 5.91. The van der Waals surface area contributed by atoms with Crippen LogP contribution in [0.1, 0.15) is 6.92 Å². The smallest absolute Gasteiger partial charge is 0.310 e. The van der Waals surface area contributed by atoms with Crippen LogP contribution in [0.5, 0.6) is 0 Å². The first kappa shape index (κ1) is 9.01. The molecule has 2 bridgehead atoms. The molecule has 2 aliphatic heterocycles. The van der Waals surface area contributed by atoms with Crippen molar-refractivity contribution < 1.29 is 9.59 Å². The molecule has 2 N–H and O–H groups in total. The number of hydroxylamine groups is 2. The van der Waals surface area contributed by atoms with E-state index in [0.29, 0.717) is 10.6 Å². The Bertz CT molecular complexity index is 339. The summed E-state index contributed by atoms with van der Waals surface area (Å²) in [5.41, 5.74) is 5.82. The van der Waals surface area contributed by atoms with Crippen molar-refractivity contribution in [1.82, 2.24) is 9.96 Å². The molecule has 2 rings (SSSR count). The normalized spacial score (nSPS) is 30.7. The van der Waals surface area contributed by atoms with Gasteiger partial charge in [-0.3, -0.25) is 4.79 Å². The average molecular weight is 196 g/mol. The van der Waals surface area contributed by atoms with Crippen LogP contribution in [0.15, 0.2) is 11.6 Å². The molecular formula is C8H10N3O3-. The largest absolute Gasteiger partial charge is 0.754 e. The summed E-state index contributed by atoms with van der Waals surface area (Å²) in [5.74, 6) is -0.596. The molecule has 6 heteroatoms. The Morgan fingerprint density at radius 2 is 2.36 bits per heavy atom. The topological polar surface area (TPSA) is 89.7 Å². The number of carbonyl (C=O) groups excluding carboxylic acids is 2. The zero-order valence-corrected chi connectivity index (χ0v) is 7.64. The summed E-state index contributed by atoms with van der Waals surface area (Å²) in [6.45, 7) is 1.95. The van der Waals surface area contributed by atoms with Gasteiger partial charge in [-0.1, -0.05) is 6.08 Å². The molecule has 14 heavy (non-hydrogen) atoms. The Labute approximate surface area is 80.5 Å². The third kappa shape index (κ3) is 1.00. The van der Waals surface area contributed by atoms with Crippen molar-refractivity contribution in [3.63, 3.8) is 0 Å². The third-order valence-corrected chi connectivity index (χ3v) is 2.59. The molecule has 2 atom stereocenters. The van der Waals surface area contributed by atoms with E-state index in [9.17, 15) is 14.8 Å². The van der Waals surface area contributed by atoms with Crippen LogP contribution in [0.3, 0.4) is 0 Å². The molecule has 2 aliphatic rings. The fraction of sp³-hybridized carbons (Fsp3) is 0.500. The molecule has 0 aliphatic carbocycles. The molecule has 76 valence electrons. The minimum Gasteiger partial charge on any atom is -0.754 e. The predicted molar refractivity (Wildman–Crippen MR) is 47.8 cm³/mol. The first-order chi connectivity index (χ1) is 6.52. The van der Waals surface area contributed by atoms with Crippen molar-refractivity contribution in [3.8, 4) is 0 Å². The van der Waals surface area contributed by atoms with Gasteiger partial charge in [0.1, 0.15) is 6.04 Å². The molecule has 2 heterocycles. The van der Waals surface area contributed by atoms with Crippen molar-refractivity contribution in [3.05, 3.63) is 16.9 Å². The van der Waals surface area contributed by atoms with Gasteiger partial charge in [0, 0.05) is 6.54 Å². The minimum absolute atomic E-state index is 0.257. The highest BCUT2D eigenvalue weighted by Crippen LogP contribution is 2.27. The lowest BCUT2D eigenvalue weighted by Crippen LogP contribution is -2.48. The second kappa shape index (κ2) is 2.71. The average Bonchev–Trinajstić information content (AvgIpc) is 2.31. The van der Waals surface area contributed by atoms with Gasteiger partial charge in [0.2, 0.25) is 5.91 Å². The number of primary amides is 1. The first-order valence-corrected chi connectivity index (χ1v) is 4.27. The van der Waals surface area contributed by atoms with E-state index >= 15 is 0 Å². The number of rotatable bonds is 1. The van der Waals surface area contributed by atoms with E-state index in [0.717, 1.165) is 0 Å². The zero-order chi connectivity index (χ0) is 10.5. The van der Waals surface area contributed by atoms with Crippen molar-refractivity contribution in [2.45, 2.75) is 19.0 Å². The Hall–Kier alpha value is -1.56. The highest BCUT2D eigenvalue weighted by atomic mass is 16.5. The lowest BCUT2D eigenvalue weighted by Gasteiger charge is -2.27. The number of hydrogen-bond donors (Lipinski definition) is 1. The molecule has 0 spiro atoms. The lowest BCUT2D eigenvalue weighted by atomic mass is 10.0. The van der Waals surface area contributed by atoms with Gasteiger partial charge in [0.15, 0.2) is 0 Å². The summed E-state index contributed by atoms with van der Waals surface area (Å²) in [6.07, 6.45) is 1.63. The molecule has 3 amide bonds. The number of nitrogens with two attached hydrogens (primary N) is 1. The number of amides is 3. The maximum absolute atomic E-state index is 11.3. The van der Waals surface area contributed by atoms with Crippen molar-refractivity contribution in [2.75, 3.05) is 6.54 Å². The molecule has 0 aromatic rings. The Morgan fingerprint density at radius 3 is 2.93 bits per heavy atom. The predicted octanol–water partition coefficient (Wildman–Crippen LogP) is -0.596. The van der Waals surface area contributed by atoms with Crippen molar-refractivity contribution in [2.24, 2.45) is 5.73 Å². The minimum atomic E-state index is -0.752. The Kier molecular flexibility index (Phi) is 1.75. The van der Waals surface area contributed by atoms with Crippen LogP contribution in [0.25, 0.3) is 0 Å². The number of carbonyl (C=O) groups is 2. The van der Waals surface area contributed by atoms with E-state index < -0.39 is 24.0 Å². The maximum atomic E-state index is 11.3. The summed E-state index contributed by atoms with van der Waals surface area (Å²) < 4.78 is 0. The molecule has 0 aromatic carbocycles. The second-order valence-corrected chi connectivity index (χ2v) is 3.54. The van der Waals surface area contributed by atoms with Gasteiger partial charge >= 0.3 is 6.03 Å². The third-order valence-electron chi connectivity index (χ3n) is 2.59. The van der Waals surface area contributed by atoms with Gasteiger partial charge in [-0.15, -0.1) is 0 Å². The van der Waals surface area contributed by atoms with E-state index in [2.05, 4.69) is 0 Å². The molecule has 0 saturated carbocycles. The molecule has 1 fully saturated rings. The van der Waals surface area contributed by atoms with Crippen LogP contribution in [0.2, 0.25) is 0 Å². The van der Waals surface area contributed by atoms with Crippen LogP contribution in [-0.4, -0.2) is 40.5 Å². The summed E-state index contributed by atoms with van der Waals surface area (Å²) in [5, 5.41) is 11.6. The number of nitrogens with zero attached hydrogens (tertiary/aromatic N) is 2. The number of urea groups is 1. The van der Waals surface area contributed by atoms with Crippen molar-refractivity contribution >= 4 is 11.9 Å². The van der Waals surface area contributed by atoms with Crippen LogP contribution in [-0.2, 0) is 4.79 Å². The zero-order valence-electron chi connectivity index (χ0n) is 7.64. The van der Waals surface area contributed by atoms with E-state index in [1.807, 2.05) is 0 Å². The standard InChI is InChI=1S/C8H10N3O3/c1-4-2-5-3-10(6(4)7(9)12)8(13)11(5)14/h2,5-6H,3H2,1H3,(H2,9,12)/q-1/t5-,6+/m1/s1. The maximum Gasteiger partial charge on any atom is 0.310 e. The van der Waals surface area contributed by atoms with Crippen molar-refractivity contribution in [1.29, 1.82) is 0 Å². The Morgan fingerprint density at radius 1 is 1.71 bits per heavy atom. The lowest BCUT2D eigenvalue weighted by molar-refractivity contribution is -0.121. The molecule has 0 unspecified atom stereocenters. The van der Waals surface area contributed by atoms with E-state index in [1.54, 1.807) is 13.0 Å². The molecule has 6 nitrogen and oxygen atoms in total. The van der Waals surface area contributed by atoms with Gasteiger partial charge in [-0.05, 0) is 12.5 Å². The quantitative estimate of drug-likeness (QED) is 0.568. The summed E-state index contributed by atoms with van der Waals surface area (Å²) in [7, 11) is 0. The van der Waals surface area contributed by atoms with E-state index in [-0.39, 0.29) is 6.54 Å². The molecule has 0 radical (unpaired) electrons. The summed E-state index contributed by atoms with van der Waals surface area (Å²) in [4.78, 5) is 23.6. The van der Waals surface area contributed by atoms with Gasteiger partial charge in [0.25, 0.3) is 0 Å². The monoisotopic (exact) mass is 196 g/mol. The molecular weight excluding hydrogens is 186 g/mol. The van der Waals surface area contributed by atoms with Crippen LogP contribution < -0.4 is 5.73 Å². The fourth-order valence-electron chi connectivity index (χ4n) is 1.98. The van der Waals surface area contributed by atoms with Gasteiger partial charge in [-0.2, -0.15) is 0 Å². The fourth-order valence-corrected chi connectivity index (χ4v) is 1.98. The van der Waals surface area contributed by atoms with Crippen LogP contribution in [0, 0.1) is 5.21 Å². The van der Waals surface area contributed by atoms with Gasteiger partial charge < -0.3 is 20.9 Å². The highest BCUT2D eigenvalue weighted by Gasteiger charge is 2.42. The van der Waals surface area contributed by atoms with E-state index in [4.69, 9.17) is 5.73 Å². The van der Waals surface area contributed by atoms with Crippen LogP contribution in [0.4, 0.5) is 4.79 Å². The van der Waals surface area contributed by atoms with Gasteiger partial charge in [0.05, 0.1) is 6.04 Å².